The van der Waals surface area contributed by atoms with Crippen LogP contribution in [0.25, 0.3) is 0 Å². The van der Waals surface area contributed by atoms with E-state index in [-0.39, 0.29) is 17.5 Å². The van der Waals surface area contributed by atoms with Crippen molar-refractivity contribution in [2.24, 2.45) is 5.92 Å². The number of amides is 1. The molecule has 1 atom stereocenters. The summed E-state index contributed by atoms with van der Waals surface area (Å²) < 4.78 is 18.8. The molecule has 1 unspecified atom stereocenters. The molecule has 0 aliphatic rings. The monoisotopic (exact) mass is 321 g/mol. The highest BCUT2D eigenvalue weighted by Crippen LogP contribution is 2.18. The minimum atomic E-state index is -0.574. The van der Waals surface area contributed by atoms with Crippen LogP contribution in [0.15, 0.2) is 18.2 Å². The molecule has 23 heavy (non-hydrogen) atoms. The first kappa shape index (κ1) is 18.8. The van der Waals surface area contributed by atoms with E-state index < -0.39 is 17.5 Å². The van der Waals surface area contributed by atoms with Crippen LogP contribution in [0.5, 0.6) is 0 Å². The molecule has 0 bridgehead atoms. The molecule has 1 aromatic carbocycles. The third kappa shape index (κ3) is 6.15. The number of nitrogens with one attached hydrogen (secondary N) is 2. The Hall–Kier alpha value is -2.29. The molecule has 2 N–H and O–H groups in total. The molecule has 0 aliphatic heterocycles. The standard InChI is InChI=1S/C17H24FN3O2/c1-11(2)15(21-16(22)23-17(3,4)5)10-20-14-8-6-7-13(18)12(14)9-19/h6-8,11,15,20H,10H2,1-5H3,(H,21,22). The van der Waals surface area contributed by atoms with Gasteiger partial charge >= 0.3 is 6.09 Å². The molecule has 0 radical (unpaired) electrons. The molecule has 1 amide bonds. The van der Waals surface area contributed by atoms with Gasteiger partial charge in [-0.05, 0) is 38.8 Å². The van der Waals surface area contributed by atoms with Crippen LogP contribution in [0, 0.1) is 23.1 Å². The molecule has 1 rings (SSSR count). The zero-order valence-corrected chi connectivity index (χ0v) is 14.2. The second kappa shape index (κ2) is 7.82. The van der Waals surface area contributed by atoms with Crippen LogP contribution in [-0.2, 0) is 4.74 Å². The lowest BCUT2D eigenvalue weighted by Crippen LogP contribution is -2.45. The largest absolute Gasteiger partial charge is 0.444 e. The Bertz CT molecular complexity index is 588. The van der Waals surface area contributed by atoms with E-state index in [2.05, 4.69) is 10.6 Å². The Morgan fingerprint density at radius 1 is 1.39 bits per heavy atom. The van der Waals surface area contributed by atoms with Crippen LogP contribution in [0.4, 0.5) is 14.9 Å². The lowest BCUT2D eigenvalue weighted by Gasteiger charge is -2.26. The maximum Gasteiger partial charge on any atom is 0.407 e. The lowest BCUT2D eigenvalue weighted by molar-refractivity contribution is 0.0494. The fraction of sp³-hybridized carbons (Fsp3) is 0.529. The summed E-state index contributed by atoms with van der Waals surface area (Å²) >= 11 is 0. The third-order valence-electron chi connectivity index (χ3n) is 3.14. The van der Waals surface area contributed by atoms with Crippen molar-refractivity contribution in [3.8, 4) is 6.07 Å². The molecule has 0 saturated carbocycles. The van der Waals surface area contributed by atoms with Gasteiger partial charge in [0.05, 0.1) is 11.7 Å². The van der Waals surface area contributed by atoms with E-state index in [0.717, 1.165) is 0 Å². The van der Waals surface area contributed by atoms with Crippen molar-refractivity contribution in [2.45, 2.75) is 46.3 Å². The van der Waals surface area contributed by atoms with Gasteiger partial charge in [0.1, 0.15) is 23.1 Å². The predicted octanol–water partition coefficient (Wildman–Crippen LogP) is 3.66. The van der Waals surface area contributed by atoms with Gasteiger partial charge in [0, 0.05) is 6.54 Å². The minimum absolute atomic E-state index is 0.0349. The molecule has 0 fully saturated rings. The SMILES string of the molecule is CC(C)C(CNc1cccc(F)c1C#N)NC(=O)OC(C)(C)C. The molecule has 0 heterocycles. The van der Waals surface area contributed by atoms with Crippen molar-refractivity contribution < 1.29 is 13.9 Å². The van der Waals surface area contributed by atoms with Crippen molar-refractivity contribution in [2.75, 3.05) is 11.9 Å². The summed E-state index contributed by atoms with van der Waals surface area (Å²) in [6.45, 7) is 9.65. The zero-order valence-electron chi connectivity index (χ0n) is 14.2. The van der Waals surface area contributed by atoms with E-state index in [9.17, 15) is 9.18 Å². The number of ether oxygens (including phenoxy) is 1. The summed E-state index contributed by atoms with van der Waals surface area (Å²) in [5.74, 6) is -0.437. The van der Waals surface area contributed by atoms with Crippen LogP contribution in [-0.4, -0.2) is 24.3 Å². The smallest absolute Gasteiger partial charge is 0.407 e. The first-order chi connectivity index (χ1) is 10.6. The third-order valence-corrected chi connectivity index (χ3v) is 3.14. The quantitative estimate of drug-likeness (QED) is 0.868. The van der Waals surface area contributed by atoms with Gasteiger partial charge in [0.2, 0.25) is 0 Å². The molecular weight excluding hydrogens is 297 g/mol. The number of benzene rings is 1. The van der Waals surface area contributed by atoms with Gasteiger partial charge in [0.25, 0.3) is 0 Å². The van der Waals surface area contributed by atoms with Gasteiger partial charge in [-0.25, -0.2) is 9.18 Å². The summed E-state index contributed by atoms with van der Waals surface area (Å²) in [6.07, 6.45) is -0.502. The van der Waals surface area contributed by atoms with Crippen molar-refractivity contribution in [1.29, 1.82) is 5.26 Å². The fourth-order valence-corrected chi connectivity index (χ4v) is 1.92. The Kier molecular flexibility index (Phi) is 6.38. The summed E-state index contributed by atoms with van der Waals surface area (Å²) in [7, 11) is 0. The van der Waals surface area contributed by atoms with Crippen molar-refractivity contribution in [3.05, 3.63) is 29.6 Å². The van der Waals surface area contributed by atoms with Crippen molar-refractivity contribution in [3.63, 3.8) is 0 Å². The number of carbonyl (C=O) groups is 1. The highest BCUT2D eigenvalue weighted by atomic mass is 19.1. The van der Waals surface area contributed by atoms with Gasteiger partial charge in [-0.15, -0.1) is 0 Å². The van der Waals surface area contributed by atoms with Gasteiger partial charge in [-0.1, -0.05) is 19.9 Å². The number of halogens is 1. The second-order valence-electron chi connectivity index (χ2n) is 6.65. The summed E-state index contributed by atoms with van der Waals surface area (Å²) in [6, 6.07) is 6.02. The molecule has 0 saturated heterocycles. The van der Waals surface area contributed by atoms with E-state index in [1.807, 2.05) is 19.9 Å². The number of hydrogen-bond donors (Lipinski definition) is 2. The molecule has 5 nitrogen and oxygen atoms in total. The molecule has 1 aromatic rings. The first-order valence-corrected chi connectivity index (χ1v) is 7.56. The number of alkyl carbamates (subject to hydrolysis) is 1. The number of nitriles is 1. The number of nitrogens with zero attached hydrogens (tertiary/aromatic N) is 1. The van der Waals surface area contributed by atoms with Crippen LogP contribution in [0.3, 0.4) is 0 Å². The Morgan fingerprint density at radius 3 is 2.57 bits per heavy atom. The van der Waals surface area contributed by atoms with E-state index in [1.165, 1.54) is 12.1 Å². The molecule has 6 heteroatoms. The van der Waals surface area contributed by atoms with E-state index in [0.29, 0.717) is 12.2 Å². The number of carbonyl (C=O) groups excluding carboxylic acids is 1. The van der Waals surface area contributed by atoms with Crippen LogP contribution < -0.4 is 10.6 Å². The number of rotatable bonds is 5. The maximum absolute atomic E-state index is 13.6. The highest BCUT2D eigenvalue weighted by molar-refractivity contribution is 5.68. The van der Waals surface area contributed by atoms with E-state index >= 15 is 0 Å². The molecular formula is C17H24FN3O2. The lowest BCUT2D eigenvalue weighted by atomic mass is 10.0. The highest BCUT2D eigenvalue weighted by Gasteiger charge is 2.21. The molecule has 0 aromatic heterocycles. The summed E-state index contributed by atoms with van der Waals surface area (Å²) in [4.78, 5) is 11.9. The second-order valence-corrected chi connectivity index (χ2v) is 6.65. The Balaban J connectivity index is 2.73. The minimum Gasteiger partial charge on any atom is -0.444 e. The topological polar surface area (TPSA) is 74.2 Å². The Morgan fingerprint density at radius 2 is 2.04 bits per heavy atom. The molecule has 126 valence electrons. The fourth-order valence-electron chi connectivity index (χ4n) is 1.92. The maximum atomic E-state index is 13.6. The average molecular weight is 321 g/mol. The molecule has 0 spiro atoms. The summed E-state index contributed by atoms with van der Waals surface area (Å²) in [5.41, 5.74) is -0.202. The van der Waals surface area contributed by atoms with E-state index in [4.69, 9.17) is 10.00 Å². The van der Waals surface area contributed by atoms with Crippen LogP contribution >= 0.6 is 0 Å². The van der Waals surface area contributed by atoms with Gasteiger partial charge in [-0.3, -0.25) is 0 Å². The van der Waals surface area contributed by atoms with Crippen LogP contribution in [0.2, 0.25) is 0 Å². The van der Waals surface area contributed by atoms with Crippen LogP contribution in [0.1, 0.15) is 40.2 Å². The Labute approximate surface area is 136 Å². The van der Waals surface area contributed by atoms with E-state index in [1.54, 1.807) is 26.8 Å². The zero-order chi connectivity index (χ0) is 17.6. The van der Waals surface area contributed by atoms with Gasteiger partial charge in [-0.2, -0.15) is 5.26 Å². The summed E-state index contributed by atoms with van der Waals surface area (Å²) in [5, 5.41) is 14.8. The van der Waals surface area contributed by atoms with Gasteiger partial charge < -0.3 is 15.4 Å². The first-order valence-electron chi connectivity index (χ1n) is 7.56. The van der Waals surface area contributed by atoms with Gasteiger partial charge in [0.15, 0.2) is 0 Å². The van der Waals surface area contributed by atoms with Crippen molar-refractivity contribution >= 4 is 11.8 Å². The average Bonchev–Trinajstić information content (AvgIpc) is 2.41. The number of anilines is 1. The normalized spacial score (nSPS) is 12.4. The predicted molar refractivity (Wildman–Crippen MR) is 87.6 cm³/mol. The molecule has 0 aliphatic carbocycles. The van der Waals surface area contributed by atoms with Crippen molar-refractivity contribution in [1.82, 2.24) is 5.32 Å². The number of hydrogen-bond acceptors (Lipinski definition) is 4.